The van der Waals surface area contributed by atoms with Crippen LogP contribution in [0, 0.1) is 23.7 Å². The molecular formula is C15H18O. The Balaban J connectivity index is 3.68. The lowest BCUT2D eigenvalue weighted by Crippen LogP contribution is -1.64. The molecule has 0 amide bonds. The van der Waals surface area contributed by atoms with E-state index in [0.29, 0.717) is 6.42 Å². The maximum atomic E-state index is 8.32. The summed E-state index contributed by atoms with van der Waals surface area (Å²) in [5, 5.41) is 8.32. The van der Waals surface area contributed by atoms with Gasteiger partial charge in [-0.2, -0.15) is 0 Å². The zero-order valence-corrected chi connectivity index (χ0v) is 9.74. The molecule has 0 aromatic heterocycles. The number of aliphatic hydroxyl groups excluding tert-OH is 1. The van der Waals surface area contributed by atoms with E-state index in [1.807, 2.05) is 12.2 Å². The summed E-state index contributed by atoms with van der Waals surface area (Å²) in [6.07, 6.45) is 14.5. The van der Waals surface area contributed by atoms with Crippen LogP contribution in [0.15, 0.2) is 36.6 Å². The summed E-state index contributed by atoms with van der Waals surface area (Å²) in [7, 11) is 0. The number of hydrogen-bond acceptors (Lipinski definition) is 1. The molecule has 16 heavy (non-hydrogen) atoms. The molecule has 0 aliphatic carbocycles. The van der Waals surface area contributed by atoms with Crippen LogP contribution in [0.4, 0.5) is 0 Å². The molecule has 0 radical (unpaired) electrons. The minimum Gasteiger partial charge on any atom is -0.516 e. The predicted octanol–water partition coefficient (Wildman–Crippen LogP) is 3.76. The highest BCUT2D eigenvalue weighted by Gasteiger charge is 1.74. The number of aliphatic hydroxyl groups is 1. The van der Waals surface area contributed by atoms with Gasteiger partial charge in [-0.25, -0.2) is 0 Å². The fourth-order valence-electron chi connectivity index (χ4n) is 0.885. The molecule has 0 heterocycles. The van der Waals surface area contributed by atoms with Gasteiger partial charge in [-0.15, -0.1) is 0 Å². The Kier molecular flexibility index (Phi) is 11.6. The van der Waals surface area contributed by atoms with E-state index >= 15 is 0 Å². The first-order valence-corrected chi connectivity index (χ1v) is 5.51. The Morgan fingerprint density at radius 2 is 2.00 bits per heavy atom. The molecule has 0 rings (SSSR count). The van der Waals surface area contributed by atoms with Crippen molar-refractivity contribution >= 4 is 0 Å². The van der Waals surface area contributed by atoms with E-state index in [2.05, 4.69) is 36.7 Å². The molecule has 0 bridgehead atoms. The van der Waals surface area contributed by atoms with Crippen molar-refractivity contribution in [3.05, 3.63) is 36.6 Å². The molecule has 0 fully saturated rings. The molecule has 0 spiro atoms. The van der Waals surface area contributed by atoms with Crippen LogP contribution in [-0.4, -0.2) is 5.11 Å². The van der Waals surface area contributed by atoms with Crippen LogP contribution in [-0.2, 0) is 0 Å². The van der Waals surface area contributed by atoms with Crippen LogP contribution in [0.1, 0.15) is 32.6 Å². The van der Waals surface area contributed by atoms with Gasteiger partial charge in [-0.05, 0) is 30.4 Å². The predicted molar refractivity (Wildman–Crippen MR) is 69.7 cm³/mol. The van der Waals surface area contributed by atoms with Crippen molar-refractivity contribution in [2.24, 2.45) is 0 Å². The highest BCUT2D eigenvalue weighted by Crippen LogP contribution is 1.94. The number of unbranched alkanes of at least 4 members (excludes halogenated alkanes) is 2. The van der Waals surface area contributed by atoms with Crippen molar-refractivity contribution in [2.45, 2.75) is 32.6 Å². The van der Waals surface area contributed by atoms with E-state index in [4.69, 9.17) is 5.11 Å². The number of allylic oxidation sites excluding steroid dienone is 5. The first-order valence-electron chi connectivity index (χ1n) is 5.51. The molecular weight excluding hydrogens is 196 g/mol. The molecule has 0 saturated carbocycles. The largest absolute Gasteiger partial charge is 0.516 e. The Bertz CT molecular complexity index is 350. The molecule has 1 heteroatoms. The van der Waals surface area contributed by atoms with Crippen molar-refractivity contribution in [2.75, 3.05) is 0 Å². The van der Waals surface area contributed by atoms with E-state index < -0.39 is 0 Å². The molecule has 1 nitrogen and oxygen atoms in total. The van der Waals surface area contributed by atoms with E-state index in [9.17, 15) is 0 Å². The van der Waals surface area contributed by atoms with Crippen LogP contribution in [0.25, 0.3) is 0 Å². The molecule has 0 aromatic rings. The van der Waals surface area contributed by atoms with Crippen LogP contribution < -0.4 is 0 Å². The average molecular weight is 214 g/mol. The average Bonchev–Trinajstić information content (AvgIpc) is 2.31. The van der Waals surface area contributed by atoms with Gasteiger partial charge >= 0.3 is 0 Å². The fourth-order valence-corrected chi connectivity index (χ4v) is 0.885. The minimum absolute atomic E-state index is 0.534. The van der Waals surface area contributed by atoms with Gasteiger partial charge in [0.25, 0.3) is 0 Å². The summed E-state index contributed by atoms with van der Waals surface area (Å²) < 4.78 is 0. The van der Waals surface area contributed by atoms with Gasteiger partial charge in [0.2, 0.25) is 0 Å². The van der Waals surface area contributed by atoms with Crippen LogP contribution in [0.2, 0.25) is 0 Å². The van der Waals surface area contributed by atoms with E-state index in [0.717, 1.165) is 12.7 Å². The first-order chi connectivity index (χ1) is 7.91. The highest BCUT2D eigenvalue weighted by molar-refractivity contribution is 5.32. The Hall–Kier alpha value is -1.86. The fraction of sp³-hybridized carbons (Fsp3) is 0.333. The third-order valence-electron chi connectivity index (χ3n) is 1.70. The quantitative estimate of drug-likeness (QED) is 0.320. The van der Waals surface area contributed by atoms with Crippen molar-refractivity contribution in [3.8, 4) is 23.7 Å². The van der Waals surface area contributed by atoms with Crippen molar-refractivity contribution in [3.63, 3.8) is 0 Å². The molecule has 0 aromatic carbocycles. The summed E-state index contributed by atoms with van der Waals surface area (Å²) in [5.74, 6) is 11.0. The monoisotopic (exact) mass is 214 g/mol. The van der Waals surface area contributed by atoms with Crippen molar-refractivity contribution in [1.29, 1.82) is 0 Å². The van der Waals surface area contributed by atoms with Crippen LogP contribution in [0.3, 0.4) is 0 Å². The zero-order chi connectivity index (χ0) is 11.9. The lowest BCUT2D eigenvalue weighted by molar-refractivity contribution is 0.472. The number of rotatable bonds is 5. The zero-order valence-electron chi connectivity index (χ0n) is 9.74. The number of hydrogen-bond donors (Lipinski definition) is 1. The Morgan fingerprint density at radius 3 is 2.75 bits per heavy atom. The van der Waals surface area contributed by atoms with E-state index in [1.54, 1.807) is 12.2 Å². The summed E-state index contributed by atoms with van der Waals surface area (Å²) in [6, 6.07) is 0. The second-order valence-electron chi connectivity index (χ2n) is 3.09. The summed E-state index contributed by atoms with van der Waals surface area (Å²) in [4.78, 5) is 0. The summed E-state index contributed by atoms with van der Waals surface area (Å²) in [5.41, 5.74) is 0. The molecule has 0 unspecified atom stereocenters. The molecule has 1 N–H and O–H groups in total. The van der Waals surface area contributed by atoms with Crippen molar-refractivity contribution in [1.82, 2.24) is 0 Å². The molecule has 84 valence electrons. The molecule has 0 saturated heterocycles. The molecule has 0 atom stereocenters. The first kappa shape index (κ1) is 14.1. The van der Waals surface area contributed by atoms with Crippen LogP contribution >= 0.6 is 0 Å². The lowest BCUT2D eigenvalue weighted by Gasteiger charge is -1.84. The Morgan fingerprint density at radius 1 is 1.12 bits per heavy atom. The van der Waals surface area contributed by atoms with Gasteiger partial charge < -0.3 is 5.11 Å². The highest BCUT2D eigenvalue weighted by atomic mass is 16.2. The third-order valence-corrected chi connectivity index (χ3v) is 1.70. The standard InChI is InChI=1S/C15H18O/c1-2-3-4-5-6-7-8-9-10-11-12-13-14-15-16/h5-8,14-16H,2-4,13H2,1H3/b6-5+,8-7+,15-14-. The maximum absolute atomic E-state index is 8.32. The minimum atomic E-state index is 0.534. The smallest absolute Gasteiger partial charge is 0.0761 e. The van der Waals surface area contributed by atoms with Gasteiger partial charge in [0, 0.05) is 6.42 Å². The third kappa shape index (κ3) is 12.1. The second-order valence-corrected chi connectivity index (χ2v) is 3.09. The van der Waals surface area contributed by atoms with Crippen LogP contribution in [0.5, 0.6) is 0 Å². The topological polar surface area (TPSA) is 20.2 Å². The Labute approximate surface area is 98.6 Å². The van der Waals surface area contributed by atoms with Gasteiger partial charge in [0.1, 0.15) is 0 Å². The maximum Gasteiger partial charge on any atom is 0.0761 e. The molecule has 0 aliphatic heterocycles. The van der Waals surface area contributed by atoms with Gasteiger partial charge in [0.05, 0.1) is 6.26 Å². The normalized spacial score (nSPS) is 10.3. The lowest BCUT2D eigenvalue weighted by atomic mass is 10.2. The second kappa shape index (κ2) is 13.1. The van der Waals surface area contributed by atoms with Gasteiger partial charge in [-0.3, -0.25) is 0 Å². The van der Waals surface area contributed by atoms with E-state index in [-0.39, 0.29) is 0 Å². The summed E-state index contributed by atoms with van der Waals surface area (Å²) in [6.45, 7) is 2.18. The van der Waals surface area contributed by atoms with Gasteiger partial charge in [-0.1, -0.05) is 49.8 Å². The van der Waals surface area contributed by atoms with Gasteiger partial charge in [0.15, 0.2) is 0 Å². The summed E-state index contributed by atoms with van der Waals surface area (Å²) >= 11 is 0. The molecule has 0 aliphatic rings. The van der Waals surface area contributed by atoms with E-state index in [1.165, 1.54) is 12.8 Å². The van der Waals surface area contributed by atoms with Crippen molar-refractivity contribution < 1.29 is 5.11 Å². The SMILES string of the molecule is CCCC/C=C/C=C/C#CC#CC/C=C\O.